The zero-order valence-electron chi connectivity index (χ0n) is 16.4. The Morgan fingerprint density at radius 3 is 2.31 bits per heavy atom. The first-order chi connectivity index (χ1) is 13.6. The minimum atomic E-state index is -3.63. The molecule has 0 fully saturated rings. The smallest absolute Gasteiger partial charge is 0.247 e. The molecule has 0 amide bonds. The molecule has 0 unspecified atom stereocenters. The predicted molar refractivity (Wildman–Crippen MR) is 113 cm³/mol. The Bertz CT molecular complexity index is 1130. The third-order valence-electron chi connectivity index (χ3n) is 4.32. The maximum atomic E-state index is 12.4. The molecule has 0 aliphatic carbocycles. The van der Waals surface area contributed by atoms with Crippen molar-refractivity contribution in [2.75, 3.05) is 23.8 Å². The van der Waals surface area contributed by atoms with Crippen LogP contribution in [0.15, 0.2) is 53.6 Å². The number of benzene rings is 2. The quantitative estimate of drug-likeness (QED) is 0.717. The molecule has 0 bridgehead atoms. The molecule has 1 atom stereocenters. The van der Waals surface area contributed by atoms with Crippen molar-refractivity contribution in [2.45, 2.75) is 19.4 Å². The van der Waals surface area contributed by atoms with Gasteiger partial charge in [0.05, 0.1) is 36.6 Å². The van der Waals surface area contributed by atoms with E-state index < -0.39 is 26.1 Å². The Balaban J connectivity index is 1.99. The van der Waals surface area contributed by atoms with Gasteiger partial charge in [0.2, 0.25) is 20.0 Å². The molecule has 1 aliphatic rings. The third kappa shape index (κ3) is 5.07. The highest BCUT2D eigenvalue weighted by Crippen LogP contribution is 2.36. The Labute approximate surface area is 171 Å². The zero-order valence-corrected chi connectivity index (χ0v) is 18.0. The number of anilines is 1. The van der Waals surface area contributed by atoms with Gasteiger partial charge in [0.15, 0.2) is 0 Å². The first-order valence-corrected chi connectivity index (χ1v) is 12.7. The van der Waals surface area contributed by atoms with Gasteiger partial charge in [-0.25, -0.2) is 16.8 Å². The van der Waals surface area contributed by atoms with Crippen LogP contribution in [0.25, 0.3) is 0 Å². The number of sulfonamides is 2. The lowest BCUT2D eigenvalue weighted by atomic mass is 9.98. The lowest BCUT2D eigenvalue weighted by molar-refractivity contribution is 0.339. The number of nitrogens with zero attached hydrogens (tertiary/aromatic N) is 2. The lowest BCUT2D eigenvalue weighted by Gasteiger charge is -2.21. The Morgan fingerprint density at radius 1 is 1.07 bits per heavy atom. The summed E-state index contributed by atoms with van der Waals surface area (Å²) in [4.78, 5) is 0. The second-order valence-electron chi connectivity index (χ2n) is 6.72. The summed E-state index contributed by atoms with van der Waals surface area (Å²) in [7, 11) is -7.13. The van der Waals surface area contributed by atoms with Gasteiger partial charge in [-0.05, 0) is 30.7 Å². The van der Waals surface area contributed by atoms with Crippen LogP contribution in [0.3, 0.4) is 0 Å². The number of ether oxygens (including phenoxy) is 1. The van der Waals surface area contributed by atoms with Gasteiger partial charge < -0.3 is 4.74 Å². The molecule has 29 heavy (non-hydrogen) atoms. The second kappa shape index (κ2) is 8.03. The van der Waals surface area contributed by atoms with E-state index in [4.69, 9.17) is 4.74 Å². The summed E-state index contributed by atoms with van der Waals surface area (Å²) in [5.74, 6) is 0.698. The van der Waals surface area contributed by atoms with Crippen LogP contribution >= 0.6 is 0 Å². The van der Waals surface area contributed by atoms with Crippen LogP contribution in [0.1, 0.15) is 30.5 Å². The van der Waals surface area contributed by atoms with E-state index in [0.29, 0.717) is 35.7 Å². The molecule has 0 saturated heterocycles. The Morgan fingerprint density at radius 2 is 1.72 bits per heavy atom. The van der Waals surface area contributed by atoms with Gasteiger partial charge in [0.1, 0.15) is 5.75 Å². The minimum Gasteiger partial charge on any atom is -0.494 e. The minimum absolute atomic E-state index is 0.309. The van der Waals surface area contributed by atoms with Crippen molar-refractivity contribution in [1.29, 1.82) is 0 Å². The molecular formula is C19H23N3O5S2. The van der Waals surface area contributed by atoms with Crippen LogP contribution in [-0.4, -0.2) is 46.1 Å². The van der Waals surface area contributed by atoms with E-state index in [1.807, 2.05) is 19.1 Å². The summed E-state index contributed by atoms with van der Waals surface area (Å²) in [5.41, 5.74) is 2.15. The lowest BCUT2D eigenvalue weighted by Crippen LogP contribution is -2.25. The van der Waals surface area contributed by atoms with Crippen molar-refractivity contribution in [3.8, 4) is 5.75 Å². The highest BCUT2D eigenvalue weighted by Gasteiger charge is 2.35. The van der Waals surface area contributed by atoms with Gasteiger partial charge in [-0.3, -0.25) is 4.72 Å². The first-order valence-electron chi connectivity index (χ1n) is 8.95. The summed E-state index contributed by atoms with van der Waals surface area (Å²) in [6.45, 7) is 2.42. The number of nitrogens with one attached hydrogen (secondary N) is 1. The van der Waals surface area contributed by atoms with E-state index in [9.17, 15) is 16.8 Å². The SMILES string of the molecule is CCOc1ccc([C@@H]2CC(c3ccccc3NS(C)(=O)=O)=NN2S(C)(=O)=O)cc1. The van der Waals surface area contributed by atoms with Crippen molar-refractivity contribution in [1.82, 2.24) is 4.41 Å². The van der Waals surface area contributed by atoms with E-state index in [0.717, 1.165) is 22.5 Å². The standard InChI is InChI=1S/C19H23N3O5S2/c1-4-27-15-11-9-14(10-12-15)19-13-18(20-22(19)29(3,25)26)16-7-5-6-8-17(16)21-28(2,23)24/h5-12,19,21H,4,13H2,1-3H3/t19-/m0/s1. The Hall–Kier alpha value is -2.59. The van der Waals surface area contributed by atoms with Crippen molar-refractivity contribution < 1.29 is 21.6 Å². The zero-order chi connectivity index (χ0) is 21.2. The van der Waals surface area contributed by atoms with Crippen molar-refractivity contribution >= 4 is 31.4 Å². The predicted octanol–water partition coefficient (Wildman–Crippen LogP) is 2.57. The molecule has 10 heteroatoms. The molecule has 156 valence electrons. The monoisotopic (exact) mass is 437 g/mol. The number of para-hydroxylation sites is 1. The molecule has 1 N–H and O–H groups in total. The van der Waals surface area contributed by atoms with E-state index >= 15 is 0 Å². The third-order valence-corrected chi connectivity index (χ3v) is 5.93. The number of rotatable bonds is 7. The maximum Gasteiger partial charge on any atom is 0.247 e. The number of hydrogen-bond acceptors (Lipinski definition) is 6. The summed E-state index contributed by atoms with van der Waals surface area (Å²) in [6.07, 6.45) is 2.47. The summed E-state index contributed by atoms with van der Waals surface area (Å²) < 4.78 is 57.1. The highest BCUT2D eigenvalue weighted by molar-refractivity contribution is 7.92. The molecule has 0 radical (unpaired) electrons. The molecule has 0 spiro atoms. The molecule has 0 aromatic heterocycles. The van der Waals surface area contributed by atoms with Gasteiger partial charge in [-0.1, -0.05) is 30.3 Å². The van der Waals surface area contributed by atoms with Gasteiger partial charge >= 0.3 is 0 Å². The van der Waals surface area contributed by atoms with E-state index in [-0.39, 0.29) is 0 Å². The normalized spacial score (nSPS) is 17.1. The van der Waals surface area contributed by atoms with Crippen LogP contribution in [0.5, 0.6) is 5.75 Å². The first kappa shape index (κ1) is 21.1. The Kier molecular flexibility index (Phi) is 5.85. The van der Waals surface area contributed by atoms with E-state index in [1.54, 1.807) is 36.4 Å². The van der Waals surface area contributed by atoms with Crippen LogP contribution in [-0.2, 0) is 20.0 Å². The van der Waals surface area contributed by atoms with Crippen LogP contribution in [0.2, 0.25) is 0 Å². The number of hydrazone groups is 1. The molecule has 1 aliphatic heterocycles. The summed E-state index contributed by atoms with van der Waals surface area (Å²) in [6, 6.07) is 13.5. The molecule has 0 saturated carbocycles. The molecular weight excluding hydrogens is 414 g/mol. The topological polar surface area (TPSA) is 105 Å². The van der Waals surface area contributed by atoms with Crippen molar-refractivity contribution in [3.05, 3.63) is 59.7 Å². The second-order valence-corrected chi connectivity index (χ2v) is 10.3. The van der Waals surface area contributed by atoms with Gasteiger partial charge in [0.25, 0.3) is 0 Å². The van der Waals surface area contributed by atoms with E-state index in [1.165, 1.54) is 0 Å². The molecule has 8 nitrogen and oxygen atoms in total. The van der Waals surface area contributed by atoms with Gasteiger partial charge in [-0.15, -0.1) is 0 Å². The van der Waals surface area contributed by atoms with Crippen molar-refractivity contribution in [2.24, 2.45) is 5.10 Å². The van der Waals surface area contributed by atoms with Crippen LogP contribution < -0.4 is 9.46 Å². The molecule has 3 rings (SSSR count). The fourth-order valence-electron chi connectivity index (χ4n) is 3.18. The summed E-state index contributed by atoms with van der Waals surface area (Å²) >= 11 is 0. The fraction of sp³-hybridized carbons (Fsp3) is 0.316. The highest BCUT2D eigenvalue weighted by atomic mass is 32.2. The van der Waals surface area contributed by atoms with Crippen LogP contribution in [0.4, 0.5) is 5.69 Å². The van der Waals surface area contributed by atoms with E-state index in [2.05, 4.69) is 9.82 Å². The molecule has 1 heterocycles. The van der Waals surface area contributed by atoms with Crippen molar-refractivity contribution in [3.63, 3.8) is 0 Å². The average Bonchev–Trinajstić information content (AvgIpc) is 3.07. The molecule has 2 aromatic carbocycles. The maximum absolute atomic E-state index is 12.4. The average molecular weight is 438 g/mol. The number of hydrogen-bond donors (Lipinski definition) is 1. The largest absolute Gasteiger partial charge is 0.494 e. The summed E-state index contributed by atoms with van der Waals surface area (Å²) in [5, 5.41) is 4.33. The fourth-order valence-corrected chi connectivity index (χ4v) is 4.66. The van der Waals surface area contributed by atoms with Crippen LogP contribution in [0, 0.1) is 0 Å². The van der Waals surface area contributed by atoms with Gasteiger partial charge in [-0.2, -0.15) is 9.52 Å². The van der Waals surface area contributed by atoms with Gasteiger partial charge in [0, 0.05) is 12.0 Å². The molecule has 2 aromatic rings.